The van der Waals surface area contributed by atoms with Crippen molar-refractivity contribution in [2.24, 2.45) is 0 Å². The number of non-ortho nitro benzene ring substituents is 2. The molecule has 0 fully saturated rings. The molecule has 13 nitrogen and oxygen atoms in total. The number of carboxylic acid groups (broad SMARTS) is 1. The Morgan fingerprint density at radius 1 is 1.00 bits per heavy atom. The Labute approximate surface area is 221 Å². The molecule has 17 heteroatoms. The molecule has 2 aromatic carbocycles. The highest BCUT2D eigenvalue weighted by Gasteiger charge is 2.55. The molecule has 3 heterocycles. The van der Waals surface area contributed by atoms with Crippen LogP contribution in [0.3, 0.4) is 0 Å². The maximum atomic E-state index is 12.4. The summed E-state index contributed by atoms with van der Waals surface area (Å²) in [7, 11) is 0. The Hall–Kier alpha value is -3.80. The van der Waals surface area contributed by atoms with Crippen LogP contribution in [0.2, 0.25) is 0 Å². The number of thioether (sulfide) groups is 2. The van der Waals surface area contributed by atoms with E-state index in [9.17, 15) is 40.0 Å². The fourth-order valence-corrected chi connectivity index (χ4v) is 7.93. The predicted octanol–water partition coefficient (Wildman–Crippen LogP) is 4.76. The summed E-state index contributed by atoms with van der Waals surface area (Å²) in [6, 6.07) is 8.16. The van der Waals surface area contributed by atoms with Gasteiger partial charge in [0.1, 0.15) is 0 Å². The van der Waals surface area contributed by atoms with Crippen molar-refractivity contribution in [2.45, 2.75) is 14.3 Å². The molecule has 1 aliphatic heterocycles. The lowest BCUT2D eigenvalue weighted by molar-refractivity contribution is -0.384. The van der Waals surface area contributed by atoms with E-state index >= 15 is 0 Å². The van der Waals surface area contributed by atoms with Crippen LogP contribution < -0.4 is 0 Å². The first kappa shape index (κ1) is 24.9. The smallest absolute Gasteiger partial charge is 0.375 e. The third-order valence-corrected chi connectivity index (χ3v) is 9.71. The zero-order chi connectivity index (χ0) is 26.5. The average molecular weight is 579 g/mol. The molecule has 1 unspecified atom stereocenters. The SMILES string of the molecule is O=C1OC(CSc2nc3ccc([N+](=O)[O-])cc3s2)(C(=O)O)C(Sc2nc3ccc([N+](=O)[O-])cc3s2)=C1O. The lowest BCUT2D eigenvalue weighted by Crippen LogP contribution is -2.43. The molecule has 2 aromatic heterocycles. The van der Waals surface area contributed by atoms with Crippen LogP contribution in [0, 0.1) is 20.2 Å². The van der Waals surface area contributed by atoms with Crippen molar-refractivity contribution in [3.8, 4) is 0 Å². The van der Waals surface area contributed by atoms with Gasteiger partial charge >= 0.3 is 11.9 Å². The summed E-state index contributed by atoms with van der Waals surface area (Å²) in [6.07, 6.45) is 0. The lowest BCUT2D eigenvalue weighted by atomic mass is 10.1. The summed E-state index contributed by atoms with van der Waals surface area (Å²) in [4.78, 5) is 54.0. The summed E-state index contributed by atoms with van der Waals surface area (Å²) in [6.45, 7) is 0. The van der Waals surface area contributed by atoms with Crippen LogP contribution in [-0.4, -0.2) is 53.3 Å². The van der Waals surface area contributed by atoms with E-state index in [-0.39, 0.29) is 26.4 Å². The third-order valence-electron chi connectivity index (χ3n) is 5.10. The minimum atomic E-state index is -2.26. The normalized spacial score (nSPS) is 17.5. The van der Waals surface area contributed by atoms with Crippen LogP contribution >= 0.6 is 46.2 Å². The second-order valence-corrected chi connectivity index (χ2v) is 11.9. The summed E-state index contributed by atoms with van der Waals surface area (Å²) in [5.74, 6) is -3.99. The molecular weight excluding hydrogens is 569 g/mol. The molecule has 4 aromatic rings. The van der Waals surface area contributed by atoms with Crippen molar-refractivity contribution in [1.29, 1.82) is 0 Å². The van der Waals surface area contributed by atoms with Gasteiger partial charge in [0.2, 0.25) is 5.76 Å². The Morgan fingerprint density at radius 2 is 1.54 bits per heavy atom. The van der Waals surface area contributed by atoms with Crippen LogP contribution in [0.1, 0.15) is 0 Å². The molecule has 0 saturated carbocycles. The number of aliphatic hydroxyl groups is 1. The van der Waals surface area contributed by atoms with E-state index in [1.165, 1.54) is 36.4 Å². The largest absolute Gasteiger partial charge is 0.501 e. The highest BCUT2D eigenvalue weighted by molar-refractivity contribution is 8.05. The maximum Gasteiger partial charge on any atom is 0.375 e. The number of ether oxygens (including phenoxy) is 1. The van der Waals surface area contributed by atoms with Crippen molar-refractivity contribution in [3.63, 3.8) is 0 Å². The quantitative estimate of drug-likeness (QED) is 0.126. The summed E-state index contributed by atoms with van der Waals surface area (Å²) < 4.78 is 6.73. The topological polar surface area (TPSA) is 196 Å². The number of thiazole rings is 2. The van der Waals surface area contributed by atoms with Gasteiger partial charge in [0.05, 0.1) is 40.9 Å². The van der Waals surface area contributed by atoms with Gasteiger partial charge in [-0.3, -0.25) is 20.2 Å². The number of nitro groups is 2. The van der Waals surface area contributed by atoms with Crippen molar-refractivity contribution in [1.82, 2.24) is 9.97 Å². The molecule has 37 heavy (non-hydrogen) atoms. The van der Waals surface area contributed by atoms with Gasteiger partial charge in [-0.25, -0.2) is 19.6 Å². The van der Waals surface area contributed by atoms with E-state index in [4.69, 9.17) is 4.74 Å². The minimum Gasteiger partial charge on any atom is -0.501 e. The van der Waals surface area contributed by atoms with Crippen molar-refractivity contribution < 1.29 is 34.4 Å². The van der Waals surface area contributed by atoms with Crippen LogP contribution in [0.25, 0.3) is 20.4 Å². The molecule has 0 amide bonds. The monoisotopic (exact) mass is 578 g/mol. The Morgan fingerprint density at radius 3 is 2.08 bits per heavy atom. The number of nitrogens with zero attached hydrogens (tertiary/aromatic N) is 4. The number of cyclic esters (lactones) is 1. The average Bonchev–Trinajstić information content (AvgIpc) is 3.52. The molecule has 2 N–H and O–H groups in total. The summed E-state index contributed by atoms with van der Waals surface area (Å²) in [5, 5.41) is 42.6. The number of carbonyl (C=O) groups excluding carboxylic acids is 1. The second-order valence-electron chi connectivity index (χ2n) is 7.37. The predicted molar refractivity (Wildman–Crippen MR) is 135 cm³/mol. The van der Waals surface area contributed by atoms with Gasteiger partial charge < -0.3 is 14.9 Å². The van der Waals surface area contributed by atoms with E-state index in [1.54, 1.807) is 0 Å². The number of fused-ring (bicyclic) bond motifs is 2. The first-order chi connectivity index (χ1) is 17.6. The van der Waals surface area contributed by atoms with E-state index < -0.39 is 33.1 Å². The van der Waals surface area contributed by atoms with Gasteiger partial charge in [0.15, 0.2) is 8.68 Å². The highest BCUT2D eigenvalue weighted by atomic mass is 32.2. The number of carbonyl (C=O) groups is 2. The number of nitro benzene ring substituents is 2. The number of hydrogen-bond donors (Lipinski definition) is 2. The van der Waals surface area contributed by atoms with E-state index in [0.29, 0.717) is 24.8 Å². The van der Waals surface area contributed by atoms with Gasteiger partial charge in [-0.05, 0) is 12.1 Å². The molecule has 0 aliphatic carbocycles. The van der Waals surface area contributed by atoms with E-state index in [1.807, 2.05) is 0 Å². The number of benzene rings is 2. The van der Waals surface area contributed by atoms with Gasteiger partial charge in [-0.1, -0.05) is 23.5 Å². The summed E-state index contributed by atoms with van der Waals surface area (Å²) >= 11 is 3.78. The van der Waals surface area contributed by atoms with E-state index in [2.05, 4.69) is 9.97 Å². The first-order valence-electron chi connectivity index (χ1n) is 9.88. The van der Waals surface area contributed by atoms with Crippen LogP contribution in [0.15, 0.2) is 55.7 Å². The molecule has 5 rings (SSSR count). The molecule has 0 radical (unpaired) electrons. The van der Waals surface area contributed by atoms with Crippen molar-refractivity contribution in [3.05, 3.63) is 67.3 Å². The maximum absolute atomic E-state index is 12.4. The van der Waals surface area contributed by atoms with Crippen LogP contribution in [-0.2, 0) is 14.3 Å². The Balaban J connectivity index is 1.45. The number of aliphatic hydroxyl groups excluding tert-OH is 1. The number of hydrogen-bond acceptors (Lipinski definition) is 14. The number of aliphatic carboxylic acids is 1. The number of carboxylic acids is 1. The zero-order valence-corrected chi connectivity index (χ0v) is 21.1. The van der Waals surface area contributed by atoms with Gasteiger partial charge in [-0.2, -0.15) is 0 Å². The lowest BCUT2D eigenvalue weighted by Gasteiger charge is -2.24. The fourth-order valence-electron chi connectivity index (χ4n) is 3.33. The standard InChI is InChI=1S/C20H10N4O9S4/c25-14-15(37-19-22-11-4-2-9(24(31)32)6-13(11)36-19)20(17(27)28,33-16(14)26)7-34-18-21-10-3-1-8(23(29)30)5-12(10)35-18/h1-6,25H,7H2,(H,27,28). The first-order valence-corrected chi connectivity index (χ1v) is 13.3. The van der Waals surface area contributed by atoms with Crippen LogP contribution in [0.5, 0.6) is 0 Å². The number of esters is 1. The highest BCUT2D eigenvalue weighted by Crippen LogP contribution is 2.48. The number of rotatable bonds is 8. The fraction of sp³-hybridized carbons (Fsp3) is 0.100. The molecule has 1 aliphatic rings. The van der Waals surface area contributed by atoms with Crippen molar-refractivity contribution >= 4 is 89.9 Å². The van der Waals surface area contributed by atoms with E-state index in [0.717, 1.165) is 46.2 Å². The third kappa shape index (κ3) is 4.45. The molecule has 1 atom stereocenters. The molecule has 0 saturated heterocycles. The Bertz CT molecular complexity index is 1680. The van der Waals surface area contributed by atoms with Gasteiger partial charge in [0, 0.05) is 24.3 Å². The molecule has 188 valence electrons. The second kappa shape index (κ2) is 9.25. The molecule has 0 bridgehead atoms. The van der Waals surface area contributed by atoms with Gasteiger partial charge in [-0.15, -0.1) is 22.7 Å². The summed E-state index contributed by atoms with van der Waals surface area (Å²) in [5.41, 5.74) is -1.63. The molecule has 0 spiro atoms. The molecular formula is C20H10N4O9S4. The minimum absolute atomic E-state index is 0.118. The zero-order valence-electron chi connectivity index (χ0n) is 17.8. The Kier molecular flexibility index (Phi) is 6.22. The van der Waals surface area contributed by atoms with Crippen LogP contribution in [0.4, 0.5) is 11.4 Å². The number of aromatic nitrogens is 2. The van der Waals surface area contributed by atoms with Gasteiger partial charge in [0.25, 0.3) is 17.0 Å². The van der Waals surface area contributed by atoms with Crippen molar-refractivity contribution in [2.75, 3.05) is 5.75 Å².